The van der Waals surface area contributed by atoms with Crippen molar-refractivity contribution < 1.29 is 9.84 Å². The summed E-state index contributed by atoms with van der Waals surface area (Å²) >= 11 is 0. The Balaban J connectivity index is 1.86. The van der Waals surface area contributed by atoms with Gasteiger partial charge in [-0.25, -0.2) is 0 Å². The number of rotatable bonds is 1. The van der Waals surface area contributed by atoms with Crippen molar-refractivity contribution in [1.82, 2.24) is 0 Å². The van der Waals surface area contributed by atoms with Gasteiger partial charge in [0.15, 0.2) is 0 Å². The third-order valence-electron chi connectivity index (χ3n) is 3.79. The van der Waals surface area contributed by atoms with Gasteiger partial charge in [0.05, 0.1) is 12.2 Å². The highest BCUT2D eigenvalue weighted by Gasteiger charge is 2.31. The van der Waals surface area contributed by atoms with E-state index in [0.717, 1.165) is 25.4 Å². The molecule has 4 atom stereocenters. The first-order chi connectivity index (χ1) is 6.75. The van der Waals surface area contributed by atoms with Crippen molar-refractivity contribution >= 4 is 0 Å². The highest BCUT2D eigenvalue weighted by Crippen LogP contribution is 2.34. The zero-order valence-electron chi connectivity index (χ0n) is 9.11. The molecule has 0 aromatic heterocycles. The molecule has 0 aromatic rings. The second-order valence-electron chi connectivity index (χ2n) is 5.12. The largest absolute Gasteiger partial charge is 0.393 e. The Labute approximate surface area is 86.6 Å². The summed E-state index contributed by atoms with van der Waals surface area (Å²) in [5.41, 5.74) is 0. The van der Waals surface area contributed by atoms with Gasteiger partial charge in [0, 0.05) is 6.61 Å². The third kappa shape index (κ3) is 2.48. The molecule has 0 radical (unpaired) electrons. The molecule has 0 aromatic carbocycles. The maximum atomic E-state index is 9.60. The molecule has 0 amide bonds. The molecule has 2 aliphatic rings. The molecule has 0 bridgehead atoms. The van der Waals surface area contributed by atoms with Gasteiger partial charge in [0.25, 0.3) is 0 Å². The monoisotopic (exact) mass is 198 g/mol. The summed E-state index contributed by atoms with van der Waals surface area (Å²) in [6.45, 7) is 3.10. The van der Waals surface area contributed by atoms with Crippen LogP contribution in [0.3, 0.4) is 0 Å². The van der Waals surface area contributed by atoms with Crippen molar-refractivity contribution in [2.75, 3.05) is 6.61 Å². The molecule has 4 unspecified atom stereocenters. The predicted molar refractivity (Wildman–Crippen MR) is 56.1 cm³/mol. The van der Waals surface area contributed by atoms with Gasteiger partial charge < -0.3 is 9.84 Å². The van der Waals surface area contributed by atoms with Crippen molar-refractivity contribution in [2.45, 2.75) is 57.7 Å². The summed E-state index contributed by atoms with van der Waals surface area (Å²) in [5.74, 6) is 1.57. The quantitative estimate of drug-likeness (QED) is 0.701. The summed E-state index contributed by atoms with van der Waals surface area (Å²) in [4.78, 5) is 0. The van der Waals surface area contributed by atoms with Gasteiger partial charge in [0.2, 0.25) is 0 Å². The highest BCUT2D eigenvalue weighted by atomic mass is 16.5. The minimum Gasteiger partial charge on any atom is -0.393 e. The second kappa shape index (κ2) is 4.63. The summed E-state index contributed by atoms with van der Waals surface area (Å²) < 4.78 is 5.78. The normalized spacial score (nSPS) is 45.0. The van der Waals surface area contributed by atoms with Crippen LogP contribution in [0, 0.1) is 11.8 Å². The van der Waals surface area contributed by atoms with Crippen molar-refractivity contribution in [1.29, 1.82) is 0 Å². The van der Waals surface area contributed by atoms with E-state index in [2.05, 4.69) is 6.92 Å². The molecular formula is C12H22O2. The van der Waals surface area contributed by atoms with Crippen molar-refractivity contribution in [2.24, 2.45) is 11.8 Å². The van der Waals surface area contributed by atoms with E-state index in [1.807, 2.05) is 0 Å². The van der Waals surface area contributed by atoms with E-state index in [1.54, 1.807) is 0 Å². The fourth-order valence-corrected chi connectivity index (χ4v) is 2.96. The van der Waals surface area contributed by atoms with Gasteiger partial charge in [-0.1, -0.05) is 19.8 Å². The van der Waals surface area contributed by atoms with E-state index in [1.165, 1.54) is 25.7 Å². The lowest BCUT2D eigenvalue weighted by molar-refractivity contribution is -0.0786. The van der Waals surface area contributed by atoms with Crippen LogP contribution in [0.15, 0.2) is 0 Å². The van der Waals surface area contributed by atoms with E-state index >= 15 is 0 Å². The van der Waals surface area contributed by atoms with Gasteiger partial charge >= 0.3 is 0 Å². The number of hydrogen-bond acceptors (Lipinski definition) is 2. The highest BCUT2D eigenvalue weighted by molar-refractivity contribution is 4.81. The lowest BCUT2D eigenvalue weighted by Gasteiger charge is -2.36. The standard InChI is InChI=1S/C12H22O2/c1-9-3-2-4-10(7-9)12-8-11(13)5-6-14-12/h9-13H,2-8H2,1H3. The molecule has 1 saturated carbocycles. The number of aliphatic hydroxyl groups excluding tert-OH is 1. The Morgan fingerprint density at radius 3 is 2.71 bits per heavy atom. The molecule has 1 aliphatic carbocycles. The summed E-state index contributed by atoms with van der Waals surface area (Å²) in [7, 11) is 0. The maximum absolute atomic E-state index is 9.60. The zero-order valence-corrected chi connectivity index (χ0v) is 9.11. The predicted octanol–water partition coefficient (Wildman–Crippen LogP) is 2.35. The second-order valence-corrected chi connectivity index (χ2v) is 5.12. The van der Waals surface area contributed by atoms with Crippen LogP contribution in [-0.4, -0.2) is 23.9 Å². The van der Waals surface area contributed by atoms with Gasteiger partial charge in [0.1, 0.15) is 0 Å². The van der Waals surface area contributed by atoms with Gasteiger partial charge in [-0.05, 0) is 37.5 Å². The first-order valence-electron chi connectivity index (χ1n) is 6.05. The van der Waals surface area contributed by atoms with E-state index in [-0.39, 0.29) is 6.10 Å². The lowest BCUT2D eigenvalue weighted by Crippen LogP contribution is -2.36. The molecule has 0 spiro atoms. The van der Waals surface area contributed by atoms with Gasteiger partial charge in [-0.15, -0.1) is 0 Å². The van der Waals surface area contributed by atoms with Gasteiger partial charge in [-0.3, -0.25) is 0 Å². The molecule has 2 heteroatoms. The summed E-state index contributed by atoms with van der Waals surface area (Å²) in [6.07, 6.45) is 7.29. The molecule has 82 valence electrons. The smallest absolute Gasteiger partial charge is 0.0628 e. The molecule has 2 fully saturated rings. The van der Waals surface area contributed by atoms with Crippen LogP contribution < -0.4 is 0 Å². The minimum atomic E-state index is -0.106. The van der Waals surface area contributed by atoms with Crippen molar-refractivity contribution in [3.63, 3.8) is 0 Å². The van der Waals surface area contributed by atoms with E-state index in [9.17, 15) is 5.11 Å². The Kier molecular flexibility index (Phi) is 3.45. The van der Waals surface area contributed by atoms with E-state index < -0.39 is 0 Å². The summed E-state index contributed by atoms with van der Waals surface area (Å²) in [5, 5.41) is 9.60. The fraction of sp³-hybridized carbons (Fsp3) is 1.00. The molecule has 1 aliphatic heterocycles. The molecule has 1 N–H and O–H groups in total. The third-order valence-corrected chi connectivity index (χ3v) is 3.79. The van der Waals surface area contributed by atoms with Gasteiger partial charge in [-0.2, -0.15) is 0 Å². The molecule has 2 rings (SSSR count). The number of ether oxygens (including phenoxy) is 1. The average Bonchev–Trinajstić information content (AvgIpc) is 2.18. The Hall–Kier alpha value is -0.0800. The number of aliphatic hydroxyl groups is 1. The van der Waals surface area contributed by atoms with Crippen LogP contribution in [0.4, 0.5) is 0 Å². The zero-order chi connectivity index (χ0) is 9.97. The average molecular weight is 198 g/mol. The van der Waals surface area contributed by atoms with Crippen molar-refractivity contribution in [3.05, 3.63) is 0 Å². The first-order valence-corrected chi connectivity index (χ1v) is 6.05. The molecule has 2 nitrogen and oxygen atoms in total. The minimum absolute atomic E-state index is 0.106. The molecular weight excluding hydrogens is 176 g/mol. The SMILES string of the molecule is CC1CCCC(C2CC(O)CCO2)C1. The van der Waals surface area contributed by atoms with E-state index in [4.69, 9.17) is 4.74 Å². The van der Waals surface area contributed by atoms with Crippen LogP contribution in [0.1, 0.15) is 45.4 Å². The first kappa shape index (κ1) is 10.4. The summed E-state index contributed by atoms with van der Waals surface area (Å²) in [6, 6.07) is 0. The number of hydrogen-bond donors (Lipinski definition) is 1. The molecule has 1 saturated heterocycles. The van der Waals surface area contributed by atoms with Crippen LogP contribution in [-0.2, 0) is 4.74 Å². The van der Waals surface area contributed by atoms with Crippen molar-refractivity contribution in [3.8, 4) is 0 Å². The fourth-order valence-electron chi connectivity index (χ4n) is 2.96. The Morgan fingerprint density at radius 1 is 1.14 bits per heavy atom. The van der Waals surface area contributed by atoms with Crippen LogP contribution in [0.5, 0.6) is 0 Å². The van der Waals surface area contributed by atoms with Crippen LogP contribution in [0.25, 0.3) is 0 Å². The maximum Gasteiger partial charge on any atom is 0.0628 e. The molecule has 14 heavy (non-hydrogen) atoms. The lowest BCUT2D eigenvalue weighted by atomic mass is 9.77. The van der Waals surface area contributed by atoms with Crippen LogP contribution >= 0.6 is 0 Å². The topological polar surface area (TPSA) is 29.5 Å². The Bertz CT molecular complexity index is 161. The van der Waals surface area contributed by atoms with E-state index in [0.29, 0.717) is 12.0 Å². The molecule has 1 heterocycles. The van der Waals surface area contributed by atoms with Crippen LogP contribution in [0.2, 0.25) is 0 Å². The Morgan fingerprint density at radius 2 is 2.00 bits per heavy atom.